The molecule has 0 aliphatic rings. The van der Waals surface area contributed by atoms with Crippen LogP contribution in [0.2, 0.25) is 0 Å². The van der Waals surface area contributed by atoms with Gasteiger partial charge in [0.2, 0.25) is 0 Å². The first-order valence-electron chi connectivity index (χ1n) is 2.92. The SMILES string of the molecule is COc1cc(C=O)ncc1F. The van der Waals surface area contributed by atoms with Crippen molar-refractivity contribution in [1.82, 2.24) is 4.98 Å². The molecule has 1 aromatic heterocycles. The highest BCUT2D eigenvalue weighted by molar-refractivity contribution is 5.72. The number of aldehydes is 1. The molecule has 3 nitrogen and oxygen atoms in total. The van der Waals surface area contributed by atoms with Crippen LogP contribution < -0.4 is 4.74 Å². The maximum atomic E-state index is 12.6. The maximum Gasteiger partial charge on any atom is 0.183 e. The molecule has 1 rings (SSSR count). The van der Waals surface area contributed by atoms with Crippen LogP contribution in [0.5, 0.6) is 5.75 Å². The first-order valence-corrected chi connectivity index (χ1v) is 2.92. The molecule has 0 atom stereocenters. The summed E-state index contributed by atoms with van der Waals surface area (Å²) in [4.78, 5) is 13.6. The summed E-state index contributed by atoms with van der Waals surface area (Å²) in [5.41, 5.74) is 0.156. The molecule has 11 heavy (non-hydrogen) atoms. The van der Waals surface area contributed by atoms with Gasteiger partial charge in [0.15, 0.2) is 17.9 Å². The van der Waals surface area contributed by atoms with E-state index in [0.717, 1.165) is 6.20 Å². The van der Waals surface area contributed by atoms with Crippen LogP contribution >= 0.6 is 0 Å². The number of hydrogen-bond acceptors (Lipinski definition) is 3. The fourth-order valence-electron chi connectivity index (χ4n) is 0.656. The summed E-state index contributed by atoms with van der Waals surface area (Å²) in [7, 11) is 1.33. The predicted octanol–water partition coefficient (Wildman–Crippen LogP) is 1.04. The van der Waals surface area contributed by atoms with E-state index in [1.165, 1.54) is 13.2 Å². The van der Waals surface area contributed by atoms with E-state index < -0.39 is 5.82 Å². The second-order valence-corrected chi connectivity index (χ2v) is 1.86. The normalized spacial score (nSPS) is 9.27. The molecular formula is C7H6FNO2. The highest BCUT2D eigenvalue weighted by Crippen LogP contribution is 2.14. The molecule has 0 radical (unpaired) electrons. The molecule has 0 bridgehead atoms. The van der Waals surface area contributed by atoms with Gasteiger partial charge >= 0.3 is 0 Å². The van der Waals surface area contributed by atoms with Gasteiger partial charge in [-0.25, -0.2) is 4.39 Å². The first-order chi connectivity index (χ1) is 5.27. The lowest BCUT2D eigenvalue weighted by Crippen LogP contribution is -1.93. The second kappa shape index (κ2) is 3.09. The van der Waals surface area contributed by atoms with Crippen molar-refractivity contribution in [2.75, 3.05) is 7.11 Å². The number of rotatable bonds is 2. The number of aromatic nitrogens is 1. The standard InChI is InChI=1S/C7H6FNO2/c1-11-7-2-5(4-10)9-3-6(7)8/h2-4H,1H3. The van der Waals surface area contributed by atoms with Gasteiger partial charge < -0.3 is 4.74 Å². The minimum Gasteiger partial charge on any atom is -0.494 e. The van der Waals surface area contributed by atoms with Crippen LogP contribution in [0.4, 0.5) is 4.39 Å². The average Bonchev–Trinajstić information content (AvgIpc) is 2.05. The van der Waals surface area contributed by atoms with Crippen molar-refractivity contribution >= 4 is 6.29 Å². The van der Waals surface area contributed by atoms with Crippen molar-refractivity contribution in [2.45, 2.75) is 0 Å². The third-order valence-electron chi connectivity index (χ3n) is 1.18. The predicted molar refractivity (Wildman–Crippen MR) is 36.1 cm³/mol. The van der Waals surface area contributed by atoms with Crippen LogP contribution in [0.25, 0.3) is 0 Å². The molecular weight excluding hydrogens is 149 g/mol. The Morgan fingerprint density at radius 3 is 3.00 bits per heavy atom. The molecule has 0 saturated heterocycles. The molecule has 0 aliphatic heterocycles. The molecule has 0 spiro atoms. The number of carbonyl (C=O) groups is 1. The molecule has 0 fully saturated rings. The Labute approximate surface area is 62.8 Å². The van der Waals surface area contributed by atoms with Crippen molar-refractivity contribution in [3.63, 3.8) is 0 Å². The summed E-state index contributed by atoms with van der Waals surface area (Å²) in [6.07, 6.45) is 1.48. The van der Waals surface area contributed by atoms with E-state index in [0.29, 0.717) is 6.29 Å². The number of ether oxygens (including phenoxy) is 1. The lowest BCUT2D eigenvalue weighted by molar-refractivity contribution is 0.111. The quantitative estimate of drug-likeness (QED) is 0.599. The Kier molecular flexibility index (Phi) is 2.15. The highest BCUT2D eigenvalue weighted by Gasteiger charge is 2.02. The summed E-state index contributed by atoms with van der Waals surface area (Å²) in [6, 6.07) is 1.24. The molecule has 1 aromatic rings. The van der Waals surface area contributed by atoms with E-state index in [-0.39, 0.29) is 11.4 Å². The monoisotopic (exact) mass is 155 g/mol. The summed E-state index contributed by atoms with van der Waals surface area (Å²) in [5, 5.41) is 0. The Morgan fingerprint density at radius 2 is 2.45 bits per heavy atom. The first kappa shape index (κ1) is 7.65. The van der Waals surface area contributed by atoms with Gasteiger partial charge in [-0.05, 0) is 0 Å². The molecule has 0 aliphatic carbocycles. The van der Waals surface area contributed by atoms with Gasteiger partial charge in [0.1, 0.15) is 5.69 Å². The minimum atomic E-state index is -0.571. The van der Waals surface area contributed by atoms with Crippen molar-refractivity contribution in [3.05, 3.63) is 23.8 Å². The molecule has 4 heteroatoms. The molecule has 58 valence electrons. The number of halogens is 1. The molecule has 0 N–H and O–H groups in total. The van der Waals surface area contributed by atoms with Gasteiger partial charge in [0.05, 0.1) is 13.3 Å². The number of methoxy groups -OCH3 is 1. The van der Waals surface area contributed by atoms with Gasteiger partial charge in [-0.3, -0.25) is 9.78 Å². The van der Waals surface area contributed by atoms with Crippen LogP contribution in [0.3, 0.4) is 0 Å². The topological polar surface area (TPSA) is 39.2 Å². The number of carbonyl (C=O) groups excluding carboxylic acids is 1. The van der Waals surface area contributed by atoms with E-state index in [2.05, 4.69) is 9.72 Å². The molecule has 0 amide bonds. The van der Waals surface area contributed by atoms with Crippen molar-refractivity contribution in [2.24, 2.45) is 0 Å². The van der Waals surface area contributed by atoms with Crippen molar-refractivity contribution in [1.29, 1.82) is 0 Å². The Bertz CT molecular complexity index is 275. The van der Waals surface area contributed by atoms with Gasteiger partial charge in [0, 0.05) is 6.07 Å². The van der Waals surface area contributed by atoms with Gasteiger partial charge in [0.25, 0.3) is 0 Å². The number of hydrogen-bond donors (Lipinski definition) is 0. The fourth-order valence-corrected chi connectivity index (χ4v) is 0.656. The van der Waals surface area contributed by atoms with E-state index in [1.54, 1.807) is 0 Å². The summed E-state index contributed by atoms with van der Waals surface area (Å²) in [6.45, 7) is 0. The zero-order valence-corrected chi connectivity index (χ0v) is 5.87. The Morgan fingerprint density at radius 1 is 1.73 bits per heavy atom. The van der Waals surface area contributed by atoms with E-state index in [4.69, 9.17) is 0 Å². The number of nitrogens with zero attached hydrogens (tertiary/aromatic N) is 1. The van der Waals surface area contributed by atoms with Crippen LogP contribution in [-0.4, -0.2) is 18.4 Å². The van der Waals surface area contributed by atoms with E-state index in [1.807, 2.05) is 0 Å². The van der Waals surface area contributed by atoms with Crippen LogP contribution in [0.15, 0.2) is 12.3 Å². The molecule has 0 saturated carbocycles. The maximum absolute atomic E-state index is 12.6. The molecule has 1 heterocycles. The lowest BCUT2D eigenvalue weighted by Gasteiger charge is -1.99. The van der Waals surface area contributed by atoms with Crippen LogP contribution in [0.1, 0.15) is 10.5 Å². The van der Waals surface area contributed by atoms with Gasteiger partial charge in [-0.15, -0.1) is 0 Å². The van der Waals surface area contributed by atoms with Crippen molar-refractivity contribution in [3.8, 4) is 5.75 Å². The van der Waals surface area contributed by atoms with Gasteiger partial charge in [-0.1, -0.05) is 0 Å². The van der Waals surface area contributed by atoms with E-state index >= 15 is 0 Å². The highest BCUT2D eigenvalue weighted by atomic mass is 19.1. The third kappa shape index (κ3) is 1.52. The summed E-state index contributed by atoms with van der Waals surface area (Å²) >= 11 is 0. The zero-order valence-electron chi connectivity index (χ0n) is 5.87. The number of pyridine rings is 1. The fraction of sp³-hybridized carbons (Fsp3) is 0.143. The summed E-state index contributed by atoms with van der Waals surface area (Å²) < 4.78 is 17.2. The van der Waals surface area contributed by atoms with Crippen molar-refractivity contribution < 1.29 is 13.9 Å². The minimum absolute atomic E-state index is 0.0297. The third-order valence-corrected chi connectivity index (χ3v) is 1.18. The lowest BCUT2D eigenvalue weighted by atomic mass is 10.3. The Balaban J connectivity index is 3.12. The van der Waals surface area contributed by atoms with Gasteiger partial charge in [-0.2, -0.15) is 0 Å². The molecule has 0 unspecified atom stereocenters. The smallest absolute Gasteiger partial charge is 0.183 e. The van der Waals surface area contributed by atoms with Crippen LogP contribution in [-0.2, 0) is 0 Å². The zero-order chi connectivity index (χ0) is 8.27. The Hall–Kier alpha value is -1.45. The van der Waals surface area contributed by atoms with Crippen LogP contribution in [0, 0.1) is 5.82 Å². The largest absolute Gasteiger partial charge is 0.494 e. The van der Waals surface area contributed by atoms with E-state index in [9.17, 15) is 9.18 Å². The average molecular weight is 155 g/mol. The summed E-state index contributed by atoms with van der Waals surface area (Å²) in [5.74, 6) is -0.541. The second-order valence-electron chi connectivity index (χ2n) is 1.86. The molecule has 0 aromatic carbocycles.